The zero-order chi connectivity index (χ0) is 19.7. The molecule has 0 bridgehead atoms. The molecule has 136 valence electrons. The summed E-state index contributed by atoms with van der Waals surface area (Å²) in [5.74, 6) is -3.41. The van der Waals surface area contributed by atoms with E-state index in [0.717, 1.165) is 4.90 Å². The van der Waals surface area contributed by atoms with E-state index in [1.54, 1.807) is 0 Å². The number of carbonyl (C=O) groups excluding carboxylic acids is 2. The number of carboxylic acids is 1. The average molecular weight is 384 g/mol. The summed E-state index contributed by atoms with van der Waals surface area (Å²) in [5, 5.41) is 30.2. The molecule has 0 atom stereocenters. The highest BCUT2D eigenvalue weighted by atomic mass is 32.1. The number of carbonyl (C=O) groups is 3. The average Bonchev–Trinajstić information content (AvgIpc) is 2.61. The number of anilines is 1. The summed E-state index contributed by atoms with van der Waals surface area (Å²) >= 11 is 5.05. The van der Waals surface area contributed by atoms with E-state index in [2.05, 4.69) is 5.32 Å². The van der Waals surface area contributed by atoms with Crippen LogP contribution in [0.4, 0.5) is 5.69 Å². The molecule has 9 heteroatoms. The van der Waals surface area contributed by atoms with Crippen molar-refractivity contribution in [3.63, 3.8) is 0 Å². The lowest BCUT2D eigenvalue weighted by atomic mass is 10.1. The molecule has 0 aliphatic carbocycles. The van der Waals surface area contributed by atoms with Crippen molar-refractivity contribution < 1.29 is 29.7 Å². The Hall–Kier alpha value is -3.72. The largest absolute Gasteiger partial charge is 0.504 e. The number of hydrogen-bond donors (Lipinski definition) is 4. The van der Waals surface area contributed by atoms with Crippen molar-refractivity contribution in [3.05, 3.63) is 59.2 Å². The lowest BCUT2D eigenvalue weighted by Gasteiger charge is -2.29. The number of phenols is 2. The summed E-state index contributed by atoms with van der Waals surface area (Å²) in [7, 11) is 0. The van der Waals surface area contributed by atoms with E-state index >= 15 is 0 Å². The zero-order valence-corrected chi connectivity index (χ0v) is 14.4. The Balaban J connectivity index is 2.03. The highest BCUT2D eigenvalue weighted by molar-refractivity contribution is 7.80. The van der Waals surface area contributed by atoms with Gasteiger partial charge in [0.15, 0.2) is 16.6 Å². The molecule has 1 heterocycles. The summed E-state index contributed by atoms with van der Waals surface area (Å²) < 4.78 is 0. The molecule has 8 nitrogen and oxygen atoms in total. The predicted octanol–water partition coefficient (Wildman–Crippen LogP) is 1.63. The SMILES string of the molecule is O=C1NC(=S)N(c2cccc(C(=O)O)c2)C(=O)C1=Cc1ccc(O)c(O)c1. The van der Waals surface area contributed by atoms with Gasteiger partial charge >= 0.3 is 5.97 Å². The Kier molecular flexibility index (Phi) is 4.61. The van der Waals surface area contributed by atoms with Crippen molar-refractivity contribution in [1.82, 2.24) is 5.32 Å². The van der Waals surface area contributed by atoms with Gasteiger partial charge in [0, 0.05) is 0 Å². The monoisotopic (exact) mass is 384 g/mol. The van der Waals surface area contributed by atoms with Crippen LogP contribution in [0.3, 0.4) is 0 Å². The van der Waals surface area contributed by atoms with E-state index in [1.807, 2.05) is 0 Å². The van der Waals surface area contributed by atoms with E-state index in [9.17, 15) is 24.6 Å². The van der Waals surface area contributed by atoms with Gasteiger partial charge in [0.05, 0.1) is 11.3 Å². The molecule has 0 radical (unpaired) electrons. The third kappa shape index (κ3) is 3.48. The highest BCUT2D eigenvalue weighted by Gasteiger charge is 2.34. The molecule has 0 spiro atoms. The lowest BCUT2D eigenvalue weighted by molar-refractivity contribution is -0.122. The number of nitrogens with one attached hydrogen (secondary N) is 1. The highest BCUT2D eigenvalue weighted by Crippen LogP contribution is 2.27. The van der Waals surface area contributed by atoms with E-state index in [-0.39, 0.29) is 27.7 Å². The second-order valence-electron chi connectivity index (χ2n) is 5.56. The van der Waals surface area contributed by atoms with E-state index in [4.69, 9.17) is 17.3 Å². The van der Waals surface area contributed by atoms with Crippen molar-refractivity contribution in [1.29, 1.82) is 0 Å². The van der Waals surface area contributed by atoms with E-state index < -0.39 is 23.5 Å². The Labute approximate surface area is 158 Å². The molecule has 1 saturated heterocycles. The molecule has 0 unspecified atom stereocenters. The standard InChI is InChI=1S/C18H12N2O6S/c21-13-5-4-9(7-14(13)22)6-12-15(23)19-18(27)20(16(12)24)11-3-1-2-10(8-11)17(25)26/h1-8,21-22H,(H,25,26)(H,19,23,27). The fourth-order valence-corrected chi connectivity index (χ4v) is 2.75. The maximum Gasteiger partial charge on any atom is 0.335 e. The van der Waals surface area contributed by atoms with E-state index in [0.29, 0.717) is 5.56 Å². The molecule has 27 heavy (non-hydrogen) atoms. The number of nitrogens with zero attached hydrogens (tertiary/aromatic N) is 1. The van der Waals surface area contributed by atoms with Crippen molar-refractivity contribution in [2.45, 2.75) is 0 Å². The molecule has 4 N–H and O–H groups in total. The van der Waals surface area contributed by atoms with Crippen LogP contribution in [0.5, 0.6) is 11.5 Å². The molecule has 0 saturated carbocycles. The van der Waals surface area contributed by atoms with Crippen molar-refractivity contribution in [2.75, 3.05) is 4.90 Å². The van der Waals surface area contributed by atoms with Gasteiger partial charge in [-0.2, -0.15) is 0 Å². The van der Waals surface area contributed by atoms with Crippen molar-refractivity contribution in [2.24, 2.45) is 0 Å². The second-order valence-corrected chi connectivity index (χ2v) is 5.95. The number of aromatic hydroxyl groups is 2. The van der Waals surface area contributed by atoms with Crippen LogP contribution in [-0.2, 0) is 9.59 Å². The second kappa shape index (κ2) is 6.89. The number of thiocarbonyl (C=S) groups is 1. The van der Waals surface area contributed by atoms with Crippen LogP contribution in [0.2, 0.25) is 0 Å². The normalized spacial score (nSPS) is 15.8. The Morgan fingerprint density at radius 2 is 1.81 bits per heavy atom. The molecule has 1 fully saturated rings. The molecule has 2 aromatic carbocycles. The Morgan fingerprint density at radius 3 is 2.48 bits per heavy atom. The molecule has 3 rings (SSSR count). The van der Waals surface area contributed by atoms with Gasteiger partial charge in [-0.1, -0.05) is 12.1 Å². The Morgan fingerprint density at radius 1 is 1.07 bits per heavy atom. The minimum Gasteiger partial charge on any atom is -0.504 e. The van der Waals surface area contributed by atoms with Crippen LogP contribution in [0.15, 0.2) is 48.0 Å². The van der Waals surface area contributed by atoms with Gasteiger partial charge in [-0.15, -0.1) is 0 Å². The zero-order valence-electron chi connectivity index (χ0n) is 13.5. The van der Waals surface area contributed by atoms with Gasteiger partial charge in [-0.3, -0.25) is 19.8 Å². The summed E-state index contributed by atoms with van der Waals surface area (Å²) in [4.78, 5) is 37.2. The molecule has 1 aliphatic heterocycles. The van der Waals surface area contributed by atoms with Gasteiger partial charge in [0.1, 0.15) is 5.57 Å². The number of hydrogen-bond acceptors (Lipinski definition) is 6. The first-order valence-electron chi connectivity index (χ1n) is 7.54. The molecule has 0 aromatic heterocycles. The van der Waals surface area contributed by atoms with Crippen LogP contribution in [0, 0.1) is 0 Å². The van der Waals surface area contributed by atoms with Gasteiger partial charge in [0.2, 0.25) is 0 Å². The van der Waals surface area contributed by atoms with Crippen LogP contribution in [0.25, 0.3) is 6.08 Å². The van der Waals surface area contributed by atoms with Gasteiger partial charge in [-0.05, 0) is 54.2 Å². The quantitative estimate of drug-likeness (QED) is 0.274. The van der Waals surface area contributed by atoms with Gasteiger partial charge < -0.3 is 15.3 Å². The first-order valence-corrected chi connectivity index (χ1v) is 7.95. The number of benzene rings is 2. The van der Waals surface area contributed by atoms with E-state index in [1.165, 1.54) is 48.5 Å². The Bertz CT molecular complexity index is 1030. The first kappa shape index (κ1) is 18.1. The smallest absolute Gasteiger partial charge is 0.335 e. The van der Waals surface area contributed by atoms with Crippen molar-refractivity contribution >= 4 is 46.9 Å². The number of amides is 2. The minimum absolute atomic E-state index is 0.0472. The van der Waals surface area contributed by atoms with Crippen LogP contribution >= 0.6 is 12.2 Å². The molecular formula is C18H12N2O6S. The summed E-state index contributed by atoms with van der Waals surface area (Å²) in [6, 6.07) is 9.36. The van der Waals surface area contributed by atoms with Gasteiger partial charge in [0.25, 0.3) is 11.8 Å². The fraction of sp³-hybridized carbons (Fsp3) is 0. The predicted molar refractivity (Wildman–Crippen MR) is 99.4 cm³/mol. The molecule has 2 aromatic rings. The third-order valence-electron chi connectivity index (χ3n) is 3.76. The maximum absolute atomic E-state index is 12.8. The number of rotatable bonds is 3. The maximum atomic E-state index is 12.8. The summed E-state index contributed by atoms with van der Waals surface area (Å²) in [5.41, 5.74) is 0.170. The van der Waals surface area contributed by atoms with Crippen LogP contribution < -0.4 is 10.2 Å². The summed E-state index contributed by atoms with van der Waals surface area (Å²) in [6.45, 7) is 0. The third-order valence-corrected chi connectivity index (χ3v) is 4.05. The molecule has 1 aliphatic rings. The lowest BCUT2D eigenvalue weighted by Crippen LogP contribution is -2.54. The van der Waals surface area contributed by atoms with Crippen molar-refractivity contribution in [3.8, 4) is 11.5 Å². The topological polar surface area (TPSA) is 127 Å². The number of carboxylic acid groups (broad SMARTS) is 1. The fourth-order valence-electron chi connectivity index (χ4n) is 2.47. The molecule has 2 amide bonds. The number of phenolic OH excluding ortho intramolecular Hbond substituents is 2. The van der Waals surface area contributed by atoms with Gasteiger partial charge in [-0.25, -0.2) is 4.79 Å². The first-order chi connectivity index (χ1) is 12.8. The molecular weight excluding hydrogens is 372 g/mol. The van der Waals surface area contributed by atoms with Crippen LogP contribution in [0.1, 0.15) is 15.9 Å². The summed E-state index contributed by atoms with van der Waals surface area (Å²) in [6.07, 6.45) is 1.23. The van der Waals surface area contributed by atoms with Crippen LogP contribution in [-0.4, -0.2) is 38.2 Å². The number of aromatic carboxylic acids is 1. The minimum atomic E-state index is -1.17.